The first-order valence-electron chi connectivity index (χ1n) is 19.4. The van der Waals surface area contributed by atoms with E-state index in [0.717, 1.165) is 30.2 Å². The smallest absolute Gasteiger partial charge is 0.429 e. The monoisotopic (exact) mass is 817 g/mol. The average Bonchev–Trinajstić information content (AvgIpc) is 3.84. The van der Waals surface area contributed by atoms with Gasteiger partial charge in [-0.05, 0) is 72.6 Å². The van der Waals surface area contributed by atoms with E-state index >= 15 is 8.78 Å². The third-order valence-corrected chi connectivity index (χ3v) is 10.8. The van der Waals surface area contributed by atoms with Crippen LogP contribution in [-0.2, 0) is 20.6 Å². The van der Waals surface area contributed by atoms with Gasteiger partial charge in [0.1, 0.15) is 16.8 Å². The first kappa shape index (κ1) is 41.5. The number of ether oxygens (including phenoxy) is 3. The third kappa shape index (κ3) is 7.68. The zero-order valence-electron chi connectivity index (χ0n) is 34.7. The Morgan fingerprint density at radius 2 is 1.68 bits per heavy atom. The Morgan fingerprint density at radius 3 is 2.34 bits per heavy atom. The lowest BCUT2D eigenvalue weighted by Crippen LogP contribution is -2.46. The SMILES string of the molecule is COCCN(C(=O)OC(C)(C)C)n1cc(C(=O)O)c(=O)c2cc(-c3cnc4c(c3N3CC[C@H]5CN(C)CC53)-c3c(F)c(F)cc(N(C)C(=O)OC(C)(C)C)c3C4)cnc21. The number of likely N-dealkylation sites (N-methyl/N-ethyl adjacent to an activating group) is 1. The van der Waals surface area contributed by atoms with Crippen LogP contribution in [0.3, 0.4) is 0 Å². The maximum atomic E-state index is 16.5. The predicted octanol–water partition coefficient (Wildman–Crippen LogP) is 6.04. The molecule has 2 saturated heterocycles. The molecular weight excluding hydrogens is 768 g/mol. The van der Waals surface area contributed by atoms with Gasteiger partial charge in [-0.1, -0.05) is 0 Å². The highest BCUT2D eigenvalue weighted by Gasteiger charge is 2.44. The van der Waals surface area contributed by atoms with Crippen molar-refractivity contribution in [3.8, 4) is 22.3 Å². The Hall–Kier alpha value is -5.68. The topological polar surface area (TPSA) is 160 Å². The predicted molar refractivity (Wildman–Crippen MR) is 217 cm³/mol. The second-order valence-corrected chi connectivity index (χ2v) is 17.3. The van der Waals surface area contributed by atoms with Gasteiger partial charge in [-0.2, -0.15) is 0 Å². The van der Waals surface area contributed by atoms with Gasteiger partial charge in [0, 0.05) is 93.2 Å². The fourth-order valence-corrected chi connectivity index (χ4v) is 8.34. The zero-order valence-corrected chi connectivity index (χ0v) is 34.7. The molecule has 314 valence electrons. The molecule has 5 heterocycles. The molecule has 2 atom stereocenters. The largest absolute Gasteiger partial charge is 0.477 e. The first-order chi connectivity index (χ1) is 27.7. The number of carbonyl (C=O) groups excluding carboxylic acids is 2. The average molecular weight is 818 g/mol. The number of fused-ring (bicyclic) bond motifs is 5. The Bertz CT molecular complexity index is 2440. The van der Waals surface area contributed by atoms with Crippen LogP contribution in [0.5, 0.6) is 0 Å². The lowest BCUT2D eigenvalue weighted by molar-refractivity contribution is 0.0521. The van der Waals surface area contributed by atoms with Crippen molar-refractivity contribution >= 4 is 40.6 Å². The summed E-state index contributed by atoms with van der Waals surface area (Å²) in [5, 5.41) is 11.2. The van der Waals surface area contributed by atoms with E-state index in [9.17, 15) is 24.3 Å². The normalized spacial score (nSPS) is 17.5. The molecule has 59 heavy (non-hydrogen) atoms. The number of aromatic carboxylic acids is 1. The fraction of sp³-hybridized carbons (Fsp3) is 0.476. The van der Waals surface area contributed by atoms with Crippen LogP contribution in [0.4, 0.5) is 29.7 Å². The van der Waals surface area contributed by atoms with E-state index < -0.39 is 52.0 Å². The number of rotatable bonds is 8. The Labute approximate surface area is 340 Å². The number of anilines is 2. The molecule has 7 rings (SSSR count). The third-order valence-electron chi connectivity index (χ3n) is 10.8. The number of carboxylic acid groups (broad SMARTS) is 1. The van der Waals surface area contributed by atoms with Crippen molar-refractivity contribution in [2.24, 2.45) is 5.92 Å². The van der Waals surface area contributed by atoms with Crippen molar-refractivity contribution in [1.82, 2.24) is 19.5 Å². The van der Waals surface area contributed by atoms with Crippen LogP contribution in [0, 0.1) is 17.6 Å². The molecule has 0 bridgehead atoms. The maximum absolute atomic E-state index is 16.5. The van der Waals surface area contributed by atoms with Crippen LogP contribution in [0.2, 0.25) is 0 Å². The van der Waals surface area contributed by atoms with Crippen LogP contribution in [-0.4, -0.2) is 114 Å². The fourth-order valence-electron chi connectivity index (χ4n) is 8.34. The number of hydrogen-bond donors (Lipinski definition) is 1. The highest BCUT2D eigenvalue weighted by Crippen LogP contribution is 2.52. The summed E-state index contributed by atoms with van der Waals surface area (Å²) >= 11 is 0. The molecule has 1 N–H and O–H groups in total. The molecule has 17 heteroatoms. The molecule has 0 radical (unpaired) electrons. The summed E-state index contributed by atoms with van der Waals surface area (Å²) in [7, 11) is 4.92. The summed E-state index contributed by atoms with van der Waals surface area (Å²) in [5.74, 6) is -3.49. The highest BCUT2D eigenvalue weighted by molar-refractivity contribution is 6.00. The number of hydrogen-bond acceptors (Lipinski definition) is 11. The summed E-state index contributed by atoms with van der Waals surface area (Å²) in [6.45, 7) is 12.3. The van der Waals surface area contributed by atoms with Crippen molar-refractivity contribution in [2.75, 3.05) is 68.8 Å². The van der Waals surface area contributed by atoms with E-state index in [1.54, 1.807) is 47.7 Å². The van der Waals surface area contributed by atoms with Crippen molar-refractivity contribution in [3.05, 3.63) is 69.4 Å². The van der Waals surface area contributed by atoms with E-state index in [1.807, 2.05) is 7.05 Å². The van der Waals surface area contributed by atoms with Crippen molar-refractivity contribution in [1.29, 1.82) is 0 Å². The first-order valence-corrected chi connectivity index (χ1v) is 19.4. The van der Waals surface area contributed by atoms with E-state index in [0.29, 0.717) is 46.7 Å². The standard InChI is InChI=1S/C42H49F2N7O8/c1-41(2,3)58-39(55)48(8)30-16-28(43)34(44)32-24(30)15-29-33(32)35(49-11-10-22-19-47(7)21-31(22)49)26(18-45-29)23-14-25-36(52)27(38(53)54)20-51(37(25)46-17-23)50(12-13-57-9)40(56)59-42(4,5)6/h14,16-18,20,22,31H,10-13,15,19,21H2,1-9H3,(H,53,54)/t22-,31?/m0/s1. The molecule has 1 aliphatic carbocycles. The number of methoxy groups -OCH3 is 1. The summed E-state index contributed by atoms with van der Waals surface area (Å²) in [4.78, 5) is 68.4. The van der Waals surface area contributed by atoms with Gasteiger partial charge in [-0.3, -0.25) is 14.7 Å². The molecule has 3 aliphatic rings. The molecule has 2 amide bonds. The van der Waals surface area contributed by atoms with E-state index in [4.69, 9.17) is 19.2 Å². The number of amides is 2. The minimum absolute atomic E-state index is 0.00209. The van der Waals surface area contributed by atoms with E-state index in [2.05, 4.69) is 14.8 Å². The molecule has 4 aromatic rings. The Morgan fingerprint density at radius 1 is 0.983 bits per heavy atom. The van der Waals surface area contributed by atoms with Crippen LogP contribution in [0.1, 0.15) is 69.6 Å². The van der Waals surface area contributed by atoms with Crippen molar-refractivity contribution in [3.63, 3.8) is 0 Å². The highest BCUT2D eigenvalue weighted by atomic mass is 19.2. The van der Waals surface area contributed by atoms with Gasteiger partial charge < -0.3 is 29.1 Å². The summed E-state index contributed by atoms with van der Waals surface area (Å²) in [5.41, 5.74) is -0.633. The van der Waals surface area contributed by atoms with Gasteiger partial charge in [0.25, 0.3) is 0 Å². The lowest BCUT2D eigenvalue weighted by atomic mass is 9.96. The molecule has 1 unspecified atom stereocenters. The Balaban J connectivity index is 1.47. The zero-order chi connectivity index (χ0) is 42.9. The maximum Gasteiger partial charge on any atom is 0.429 e. The molecule has 1 aromatic carbocycles. The van der Waals surface area contributed by atoms with Gasteiger partial charge in [0.05, 0.1) is 35.6 Å². The summed E-state index contributed by atoms with van der Waals surface area (Å²) in [6, 6.07) is 2.48. The van der Waals surface area contributed by atoms with Gasteiger partial charge in [0.15, 0.2) is 17.3 Å². The minimum atomic E-state index is -1.53. The van der Waals surface area contributed by atoms with Gasteiger partial charge in [-0.15, -0.1) is 0 Å². The van der Waals surface area contributed by atoms with E-state index in [-0.39, 0.29) is 53.8 Å². The second-order valence-electron chi connectivity index (χ2n) is 17.3. The molecule has 2 fully saturated rings. The number of carbonyl (C=O) groups is 3. The number of aromatic nitrogens is 3. The summed E-state index contributed by atoms with van der Waals surface area (Å²) in [6.07, 6.45) is 3.46. The number of benzene rings is 1. The van der Waals surface area contributed by atoms with Gasteiger partial charge in [-0.25, -0.2) is 37.8 Å². The molecule has 2 aliphatic heterocycles. The molecule has 15 nitrogen and oxygen atoms in total. The summed E-state index contributed by atoms with van der Waals surface area (Å²) < 4.78 is 49.9. The van der Waals surface area contributed by atoms with Crippen LogP contribution < -0.4 is 20.2 Å². The molecule has 0 spiro atoms. The van der Waals surface area contributed by atoms with Crippen LogP contribution >= 0.6 is 0 Å². The number of halogens is 2. The number of nitrogens with zero attached hydrogens (tertiary/aromatic N) is 7. The second kappa shape index (κ2) is 15.2. The number of carboxylic acids is 1. The number of likely N-dealkylation sites (tertiary alicyclic amines) is 1. The molecule has 0 saturated carbocycles. The van der Waals surface area contributed by atoms with Gasteiger partial charge in [0.2, 0.25) is 5.43 Å². The number of pyridine rings is 3. The minimum Gasteiger partial charge on any atom is -0.477 e. The van der Waals surface area contributed by atoms with Crippen molar-refractivity contribution < 1.29 is 42.5 Å². The van der Waals surface area contributed by atoms with E-state index in [1.165, 1.54) is 36.0 Å². The van der Waals surface area contributed by atoms with Crippen LogP contribution in [0.15, 0.2) is 35.5 Å². The molecule has 3 aromatic heterocycles. The van der Waals surface area contributed by atoms with Crippen LogP contribution in [0.25, 0.3) is 33.3 Å². The molecular formula is C42H49F2N7O8. The Kier molecular flexibility index (Phi) is 10.7. The quantitative estimate of drug-likeness (QED) is 0.194. The van der Waals surface area contributed by atoms with Gasteiger partial charge >= 0.3 is 18.2 Å². The van der Waals surface area contributed by atoms with Crippen molar-refractivity contribution in [2.45, 2.75) is 71.6 Å². The lowest BCUT2D eigenvalue weighted by Gasteiger charge is -2.31.